The van der Waals surface area contributed by atoms with Crippen molar-refractivity contribution in [1.29, 1.82) is 0 Å². The van der Waals surface area contributed by atoms with Crippen LogP contribution < -0.4 is 0 Å². The molecule has 0 radical (unpaired) electrons. The van der Waals surface area contributed by atoms with Gasteiger partial charge in [-0.2, -0.15) is 0 Å². The van der Waals surface area contributed by atoms with Crippen LogP contribution in [-0.4, -0.2) is 19.6 Å². The Bertz CT molecular complexity index is 3730. The molecule has 0 aliphatic rings. The number of hydrogen-bond donors (Lipinski definition) is 1. The van der Waals surface area contributed by atoms with Crippen molar-refractivity contribution in [3.05, 3.63) is 242 Å². The van der Waals surface area contributed by atoms with Crippen LogP contribution in [0.5, 0.6) is 5.75 Å². The molecule has 0 saturated heterocycles. The first-order chi connectivity index (χ1) is 32.6. The zero-order valence-corrected chi connectivity index (χ0v) is 38.4. The summed E-state index contributed by atoms with van der Waals surface area (Å²) in [6.45, 7) is 0. The maximum atomic E-state index is 11.5. The van der Waals surface area contributed by atoms with Crippen molar-refractivity contribution >= 4 is 33.0 Å². The van der Waals surface area contributed by atoms with Crippen LogP contribution in [0.1, 0.15) is 11.1 Å². The van der Waals surface area contributed by atoms with Crippen molar-refractivity contribution in [3.8, 4) is 78.6 Å². The molecule has 3 aromatic heterocycles. The van der Waals surface area contributed by atoms with Crippen LogP contribution in [0.4, 0.5) is 0 Å². The molecule has 0 saturated carbocycles. The van der Waals surface area contributed by atoms with E-state index in [2.05, 4.69) is 162 Å². The molecule has 5 nitrogen and oxygen atoms in total. The molecule has 0 aliphatic carbocycles. The van der Waals surface area contributed by atoms with E-state index in [-0.39, 0.29) is 26.8 Å². The van der Waals surface area contributed by atoms with Gasteiger partial charge in [-0.25, -0.2) is 4.98 Å². The van der Waals surface area contributed by atoms with Crippen LogP contribution >= 0.6 is 0 Å². The zero-order valence-electron chi connectivity index (χ0n) is 36.1. The van der Waals surface area contributed by atoms with Crippen LogP contribution in [-0.2, 0) is 27.5 Å². The zero-order chi connectivity index (χ0) is 44.0. The minimum atomic E-state index is 0. The number of furan rings is 1. The molecule has 0 atom stereocenters. The van der Waals surface area contributed by atoms with Gasteiger partial charge >= 0.3 is 0 Å². The minimum Gasteiger partial charge on any atom is -0.507 e. The third-order valence-corrected chi connectivity index (χ3v) is 12.5. The molecule has 12 aromatic rings. The van der Waals surface area contributed by atoms with Gasteiger partial charge in [0.15, 0.2) is 0 Å². The van der Waals surface area contributed by atoms with Gasteiger partial charge in [-0.1, -0.05) is 180 Å². The number of pyridine rings is 1. The molecule has 0 unspecified atom stereocenters. The Balaban J connectivity index is 0.00000494. The Morgan fingerprint density at radius 2 is 1.16 bits per heavy atom. The van der Waals surface area contributed by atoms with Crippen LogP contribution in [0.2, 0.25) is 0 Å². The SMILES string of the molecule is Oc1ccccc1-c1nc2c(-c3[c-]c(-c4cc(-c5ccc(Cc6ccccc6)cc5)ccn4)cc(-c4ccccc4)c3)cccc2n1-c1ccc(-c2ccccc2)c2oc3ccccc3c12.[Pt]. The maximum Gasteiger partial charge on any atom is 0.148 e. The van der Waals surface area contributed by atoms with Gasteiger partial charge in [0.25, 0.3) is 0 Å². The van der Waals surface area contributed by atoms with E-state index in [1.807, 2.05) is 66.9 Å². The molecule has 0 aliphatic heterocycles. The van der Waals surface area contributed by atoms with E-state index in [1.165, 1.54) is 11.1 Å². The van der Waals surface area contributed by atoms with Gasteiger partial charge in [0, 0.05) is 43.9 Å². The molecule has 0 bridgehead atoms. The molecule has 9 aromatic carbocycles. The van der Waals surface area contributed by atoms with Gasteiger partial charge in [-0.05, 0) is 82.3 Å². The number of hydrogen-bond acceptors (Lipinski definition) is 4. The van der Waals surface area contributed by atoms with Crippen LogP contribution in [0, 0.1) is 6.07 Å². The summed E-state index contributed by atoms with van der Waals surface area (Å²) >= 11 is 0. The molecule has 1 N–H and O–H groups in total. The summed E-state index contributed by atoms with van der Waals surface area (Å²) in [5, 5.41) is 13.5. The van der Waals surface area contributed by atoms with E-state index < -0.39 is 0 Å². The van der Waals surface area contributed by atoms with Gasteiger partial charge in [0.1, 0.15) is 22.7 Å². The summed E-state index contributed by atoms with van der Waals surface area (Å²) in [6.07, 6.45) is 2.77. The Morgan fingerprint density at radius 3 is 1.96 bits per heavy atom. The summed E-state index contributed by atoms with van der Waals surface area (Å²) in [5.74, 6) is 0.750. The first-order valence-corrected chi connectivity index (χ1v) is 22.2. The standard InChI is InChI=1S/C61H40N3O2.Pt/c65-56-25-12-10-21-51(56)61-63-59-49(23-14-24-55(59)64(61)54-32-31-50(44-19-8-3-9-20-44)60-58(54)52-22-11-13-26-57(52)66-60)47-36-46(42-17-6-2-7-18-42)37-48(38-47)53-39-45(33-34-62-53)43-29-27-41(28-30-43)35-40-15-4-1-5-16-40;/h1-34,36-37,39,65H,35H2;/q-1;. The van der Waals surface area contributed by atoms with Crippen LogP contribution in [0.3, 0.4) is 0 Å². The van der Waals surface area contributed by atoms with E-state index in [1.54, 1.807) is 6.07 Å². The molecule has 12 rings (SSSR count). The summed E-state index contributed by atoms with van der Waals surface area (Å²) < 4.78 is 8.90. The van der Waals surface area contributed by atoms with Crippen LogP contribution in [0.15, 0.2) is 229 Å². The van der Waals surface area contributed by atoms with Gasteiger partial charge in [0.2, 0.25) is 0 Å². The smallest absolute Gasteiger partial charge is 0.148 e. The summed E-state index contributed by atoms with van der Waals surface area (Å²) in [7, 11) is 0. The predicted octanol–water partition coefficient (Wildman–Crippen LogP) is 15.4. The average Bonchev–Trinajstić information content (AvgIpc) is 3.97. The first-order valence-electron chi connectivity index (χ1n) is 22.2. The fourth-order valence-electron chi connectivity index (χ4n) is 9.30. The molecule has 6 heteroatoms. The molecule has 322 valence electrons. The monoisotopic (exact) mass is 1040 g/mol. The Hall–Kier alpha value is -8.11. The van der Waals surface area contributed by atoms with Crippen molar-refractivity contribution < 1.29 is 30.6 Å². The fourth-order valence-corrected chi connectivity index (χ4v) is 9.30. The predicted molar refractivity (Wildman–Crippen MR) is 269 cm³/mol. The third-order valence-electron chi connectivity index (χ3n) is 12.5. The van der Waals surface area contributed by atoms with E-state index in [4.69, 9.17) is 14.4 Å². The van der Waals surface area contributed by atoms with Crippen molar-refractivity contribution in [1.82, 2.24) is 14.5 Å². The second-order valence-corrected chi connectivity index (χ2v) is 16.6. The molecule has 67 heavy (non-hydrogen) atoms. The molecular formula is C61H40N3O2Pt-. The molecule has 0 amide bonds. The van der Waals surface area contributed by atoms with E-state index in [0.29, 0.717) is 11.4 Å². The molecular weight excluding hydrogens is 1000 g/mol. The molecule has 0 fully saturated rings. The number of fused-ring (bicyclic) bond motifs is 4. The quantitative estimate of drug-likeness (QED) is 0.146. The number of phenols is 1. The summed E-state index contributed by atoms with van der Waals surface area (Å²) in [4.78, 5) is 10.4. The van der Waals surface area contributed by atoms with Gasteiger partial charge in [-0.3, -0.25) is 9.55 Å². The average molecular weight is 1040 g/mol. The number of phenolic OH excluding ortho intramolecular Hbond substituents is 1. The number of aromatic nitrogens is 3. The Kier molecular flexibility index (Phi) is 11.0. The number of nitrogens with zero attached hydrogens (tertiary/aromatic N) is 3. The topological polar surface area (TPSA) is 64.1 Å². The number of aromatic hydroxyl groups is 1. The number of para-hydroxylation sites is 3. The van der Waals surface area contributed by atoms with Gasteiger partial charge < -0.3 is 9.52 Å². The summed E-state index contributed by atoms with van der Waals surface area (Å²) in [5.41, 5.74) is 17.1. The normalized spacial score (nSPS) is 11.3. The second kappa shape index (κ2) is 17.7. The molecule has 0 spiro atoms. The summed E-state index contributed by atoms with van der Waals surface area (Å²) in [6, 6.07) is 78.7. The van der Waals surface area contributed by atoms with E-state index in [9.17, 15) is 5.11 Å². The van der Waals surface area contributed by atoms with Crippen molar-refractivity contribution in [2.45, 2.75) is 6.42 Å². The Morgan fingerprint density at radius 1 is 0.507 bits per heavy atom. The Labute approximate surface area is 402 Å². The second-order valence-electron chi connectivity index (χ2n) is 16.6. The largest absolute Gasteiger partial charge is 0.507 e. The first kappa shape index (κ1) is 41.6. The third kappa shape index (κ3) is 7.74. The van der Waals surface area contributed by atoms with Crippen molar-refractivity contribution in [2.75, 3.05) is 0 Å². The van der Waals surface area contributed by atoms with E-state index >= 15 is 0 Å². The minimum absolute atomic E-state index is 0. The number of imidazole rings is 1. The fraction of sp³-hybridized carbons (Fsp3) is 0.0164. The van der Waals surface area contributed by atoms with Crippen molar-refractivity contribution in [2.24, 2.45) is 0 Å². The number of rotatable bonds is 9. The maximum absolute atomic E-state index is 11.5. The van der Waals surface area contributed by atoms with E-state index in [0.717, 1.165) is 101 Å². The van der Waals surface area contributed by atoms with Gasteiger partial charge in [-0.15, -0.1) is 23.8 Å². The van der Waals surface area contributed by atoms with Crippen molar-refractivity contribution in [3.63, 3.8) is 0 Å². The number of benzene rings is 9. The molecule has 3 heterocycles. The van der Waals surface area contributed by atoms with Gasteiger partial charge in [0.05, 0.1) is 27.7 Å². The van der Waals surface area contributed by atoms with Crippen LogP contribution in [0.25, 0.3) is 106 Å².